The van der Waals surface area contributed by atoms with Gasteiger partial charge in [0.15, 0.2) is 11.6 Å². The summed E-state index contributed by atoms with van der Waals surface area (Å²) in [6.07, 6.45) is 37.8. The molecule has 5 unspecified atom stereocenters. The lowest BCUT2D eigenvalue weighted by atomic mass is 9.65. The highest BCUT2D eigenvalue weighted by Crippen LogP contribution is 2.56. The van der Waals surface area contributed by atoms with Crippen LogP contribution >= 0.6 is 11.8 Å². The van der Waals surface area contributed by atoms with Crippen LogP contribution in [0.1, 0.15) is 102 Å². The maximum atomic E-state index is 5.36. The number of hydrogen-bond donors (Lipinski definition) is 0. The number of allylic oxidation sites excluding steroid dienone is 17. The second kappa shape index (κ2) is 13.8. The van der Waals surface area contributed by atoms with Gasteiger partial charge in [-0.2, -0.15) is 0 Å². The molecular weight excluding hydrogens is 687 g/mol. The molecule has 0 amide bonds. The van der Waals surface area contributed by atoms with E-state index in [1.54, 1.807) is 5.57 Å². The summed E-state index contributed by atoms with van der Waals surface area (Å²) < 4.78 is 0. The van der Waals surface area contributed by atoms with Crippen molar-refractivity contribution < 1.29 is 0 Å². The van der Waals surface area contributed by atoms with Crippen molar-refractivity contribution in [2.24, 2.45) is 5.92 Å². The third-order valence-electron chi connectivity index (χ3n) is 12.6. The molecule has 1 aromatic heterocycles. The van der Waals surface area contributed by atoms with Gasteiger partial charge < -0.3 is 0 Å². The molecule has 2 heterocycles. The minimum atomic E-state index is 0.123. The van der Waals surface area contributed by atoms with Crippen LogP contribution < -0.4 is 0 Å². The predicted molar refractivity (Wildman–Crippen MR) is 228 cm³/mol. The first-order valence-corrected chi connectivity index (χ1v) is 21.1. The van der Waals surface area contributed by atoms with Gasteiger partial charge in [0, 0.05) is 39.0 Å². The molecule has 11 rings (SSSR count). The Labute approximate surface area is 328 Å². The lowest BCUT2D eigenvalue weighted by molar-refractivity contribution is 0.473. The highest BCUT2D eigenvalue weighted by molar-refractivity contribution is 8.00. The first-order valence-electron chi connectivity index (χ1n) is 20.2. The van der Waals surface area contributed by atoms with Crippen LogP contribution in [0.15, 0.2) is 156 Å². The molecule has 268 valence electrons. The second-order valence-electron chi connectivity index (χ2n) is 15.8. The predicted octanol–water partition coefficient (Wildman–Crippen LogP) is 12.8. The van der Waals surface area contributed by atoms with E-state index >= 15 is 0 Å². The maximum absolute atomic E-state index is 5.36. The zero-order valence-corrected chi connectivity index (χ0v) is 31.8. The average molecular weight is 730 g/mol. The Hall–Kier alpha value is -5.32. The van der Waals surface area contributed by atoms with Gasteiger partial charge in [0.1, 0.15) is 5.82 Å². The third-order valence-corrected chi connectivity index (χ3v) is 13.9. The molecule has 7 aliphatic rings. The lowest BCUT2D eigenvalue weighted by Crippen LogP contribution is -2.23. The molecule has 0 N–H and O–H groups in total. The van der Waals surface area contributed by atoms with Crippen LogP contribution in [-0.2, 0) is 0 Å². The Morgan fingerprint density at radius 2 is 1.56 bits per heavy atom. The van der Waals surface area contributed by atoms with Gasteiger partial charge in [-0.3, -0.25) is 0 Å². The van der Waals surface area contributed by atoms with Crippen LogP contribution in [0.3, 0.4) is 0 Å². The van der Waals surface area contributed by atoms with Crippen LogP contribution in [0.2, 0.25) is 0 Å². The van der Waals surface area contributed by atoms with Crippen molar-refractivity contribution in [3.05, 3.63) is 191 Å². The summed E-state index contributed by atoms with van der Waals surface area (Å²) in [5, 5.41) is 0.231. The van der Waals surface area contributed by atoms with Gasteiger partial charge in [0.2, 0.25) is 0 Å². The molecule has 0 radical (unpaired) electrons. The first kappa shape index (κ1) is 33.1. The number of aromatic nitrogens is 3. The summed E-state index contributed by atoms with van der Waals surface area (Å²) in [5.41, 5.74) is 14.7. The Kier molecular flexibility index (Phi) is 8.27. The zero-order valence-electron chi connectivity index (χ0n) is 30.9. The molecule has 5 atom stereocenters. The molecule has 0 bridgehead atoms. The fourth-order valence-corrected chi connectivity index (χ4v) is 11.5. The molecule has 6 aliphatic carbocycles. The molecule has 4 aromatic rings. The fraction of sp³-hybridized carbons (Fsp3) is 0.235. The molecule has 0 saturated heterocycles. The van der Waals surface area contributed by atoms with E-state index in [4.69, 9.17) is 15.0 Å². The van der Waals surface area contributed by atoms with E-state index in [2.05, 4.69) is 146 Å². The highest BCUT2D eigenvalue weighted by atomic mass is 32.2. The molecule has 4 heteroatoms. The Bertz CT molecular complexity index is 2540. The quantitative estimate of drug-likeness (QED) is 0.192. The third kappa shape index (κ3) is 5.76. The largest absolute Gasteiger partial charge is 0.213 e. The monoisotopic (exact) mass is 729 g/mol. The van der Waals surface area contributed by atoms with Gasteiger partial charge in [-0.15, -0.1) is 11.8 Å². The highest BCUT2D eigenvalue weighted by Gasteiger charge is 2.40. The van der Waals surface area contributed by atoms with E-state index in [9.17, 15) is 0 Å². The molecular formula is C51H43N3S. The van der Waals surface area contributed by atoms with Crippen LogP contribution in [-0.4, -0.2) is 20.2 Å². The zero-order chi connectivity index (χ0) is 36.3. The smallest absolute Gasteiger partial charge is 0.163 e. The van der Waals surface area contributed by atoms with Gasteiger partial charge in [-0.25, -0.2) is 15.0 Å². The van der Waals surface area contributed by atoms with Crippen molar-refractivity contribution in [1.82, 2.24) is 15.0 Å². The Balaban J connectivity index is 1.06. The van der Waals surface area contributed by atoms with E-state index in [0.29, 0.717) is 11.8 Å². The minimum absolute atomic E-state index is 0.123. The Morgan fingerprint density at radius 1 is 0.673 bits per heavy atom. The fourth-order valence-electron chi connectivity index (χ4n) is 10.0. The van der Waals surface area contributed by atoms with Crippen molar-refractivity contribution in [3.8, 4) is 11.1 Å². The maximum Gasteiger partial charge on any atom is 0.163 e. The van der Waals surface area contributed by atoms with Gasteiger partial charge in [0.25, 0.3) is 0 Å². The number of rotatable bonds is 5. The van der Waals surface area contributed by atoms with Gasteiger partial charge in [-0.05, 0) is 114 Å². The van der Waals surface area contributed by atoms with Crippen LogP contribution in [0.4, 0.5) is 0 Å². The summed E-state index contributed by atoms with van der Waals surface area (Å²) in [4.78, 5) is 17.2. The SMILES string of the molecule is C1=CCC(c2nc(C3=CCCC=C3)nc(C3=CC(c4ccccc4-c4ccc5c(c4)C4=C(CCC=C4)C4CCC=CC54)=CC4Sc5ccccc5C34)n2)C=C1. The topological polar surface area (TPSA) is 38.7 Å². The second-order valence-corrected chi connectivity index (χ2v) is 17.0. The van der Waals surface area contributed by atoms with E-state index in [-0.39, 0.29) is 17.1 Å². The lowest BCUT2D eigenvalue weighted by Gasteiger charge is -2.39. The van der Waals surface area contributed by atoms with Gasteiger partial charge in [0.05, 0.1) is 0 Å². The minimum Gasteiger partial charge on any atom is -0.213 e. The van der Waals surface area contributed by atoms with Crippen molar-refractivity contribution >= 4 is 34.1 Å². The van der Waals surface area contributed by atoms with E-state index < -0.39 is 0 Å². The standard InChI is InChI=1S/C51H43N3S/c1-3-15-32(16-4-1)49-52-50(33-17-5-2-6-18-33)54-51(53-49)45-30-35(31-47-48(45)43-25-13-14-26-46(43)55-47)37-20-8-7-19-36(37)34-27-28-42-40-23-10-9-21-38(40)39-22-11-12-24-41(39)44(42)29-34/h1,3-5,7-8,10,12-15,17-20,23-32,38,40,47-48H,2,6,9,11,16,21-22H2. The van der Waals surface area contributed by atoms with Crippen LogP contribution in [0, 0.1) is 5.92 Å². The van der Waals surface area contributed by atoms with E-state index in [1.165, 1.54) is 74.3 Å². The first-order chi connectivity index (χ1) is 27.3. The molecule has 0 saturated carbocycles. The van der Waals surface area contributed by atoms with Crippen molar-refractivity contribution in [2.45, 2.75) is 72.8 Å². The molecule has 3 aromatic carbocycles. The molecule has 3 nitrogen and oxygen atoms in total. The summed E-state index contributed by atoms with van der Waals surface area (Å²) >= 11 is 1.97. The number of nitrogens with zero attached hydrogens (tertiary/aromatic N) is 3. The van der Waals surface area contributed by atoms with Crippen molar-refractivity contribution in [1.29, 1.82) is 0 Å². The van der Waals surface area contributed by atoms with E-state index in [1.807, 2.05) is 11.8 Å². The molecule has 55 heavy (non-hydrogen) atoms. The molecule has 1 aliphatic heterocycles. The normalized spacial score (nSPS) is 25.7. The molecule has 0 spiro atoms. The Morgan fingerprint density at radius 3 is 2.47 bits per heavy atom. The number of fused-ring (bicyclic) bond motifs is 8. The number of hydrogen-bond acceptors (Lipinski definition) is 4. The molecule has 0 fully saturated rings. The summed E-state index contributed by atoms with van der Waals surface area (Å²) in [6, 6.07) is 25.3. The summed E-state index contributed by atoms with van der Waals surface area (Å²) in [5.74, 6) is 3.83. The van der Waals surface area contributed by atoms with Crippen LogP contribution in [0.25, 0.3) is 33.4 Å². The van der Waals surface area contributed by atoms with Gasteiger partial charge >= 0.3 is 0 Å². The van der Waals surface area contributed by atoms with Gasteiger partial charge in [-0.1, -0.05) is 133 Å². The summed E-state index contributed by atoms with van der Waals surface area (Å²) in [6.45, 7) is 0. The summed E-state index contributed by atoms with van der Waals surface area (Å²) in [7, 11) is 0. The number of benzene rings is 3. The average Bonchev–Trinajstić information content (AvgIpc) is 3.65. The van der Waals surface area contributed by atoms with E-state index in [0.717, 1.165) is 48.7 Å². The number of thioether (sulfide) groups is 1. The van der Waals surface area contributed by atoms with Crippen molar-refractivity contribution in [3.63, 3.8) is 0 Å². The van der Waals surface area contributed by atoms with Crippen LogP contribution in [0.5, 0.6) is 0 Å². The van der Waals surface area contributed by atoms with Crippen molar-refractivity contribution in [2.75, 3.05) is 0 Å².